The Morgan fingerprint density at radius 2 is 2.32 bits per heavy atom. The third-order valence-corrected chi connectivity index (χ3v) is 5.65. The Balaban J connectivity index is 1.78. The van der Waals surface area contributed by atoms with E-state index in [1.807, 2.05) is 18.2 Å². The molecule has 0 bridgehead atoms. The number of nitrogens with one attached hydrogen (secondary N) is 2. The van der Waals surface area contributed by atoms with E-state index in [1.165, 1.54) is 0 Å². The Labute approximate surface area is 165 Å². The van der Waals surface area contributed by atoms with Crippen LogP contribution in [0.3, 0.4) is 0 Å². The number of benzene rings is 1. The zero-order valence-electron chi connectivity index (χ0n) is 16.2. The molecular formula is C21H28N6O. The molecule has 148 valence electrons. The summed E-state index contributed by atoms with van der Waals surface area (Å²) >= 11 is 0. The number of rotatable bonds is 3. The summed E-state index contributed by atoms with van der Waals surface area (Å²) in [5.41, 5.74) is 5.55. The molecule has 0 aromatic heterocycles. The third kappa shape index (κ3) is 3.39. The lowest BCUT2D eigenvalue weighted by atomic mass is 9.94. The largest absolute Gasteiger partial charge is 0.453 e. The van der Waals surface area contributed by atoms with E-state index in [9.17, 15) is 0 Å². The number of allylic oxidation sites excluding steroid dienone is 4. The number of hydrazine groups is 1. The Morgan fingerprint density at radius 1 is 1.43 bits per heavy atom. The van der Waals surface area contributed by atoms with E-state index < -0.39 is 0 Å². The number of amidine groups is 1. The van der Waals surface area contributed by atoms with Crippen LogP contribution in [0, 0.1) is 0 Å². The molecule has 1 aromatic carbocycles. The number of nitrogens with zero attached hydrogens (tertiary/aromatic N) is 2. The summed E-state index contributed by atoms with van der Waals surface area (Å²) in [7, 11) is 0. The molecule has 28 heavy (non-hydrogen) atoms. The van der Waals surface area contributed by atoms with Crippen molar-refractivity contribution in [2.24, 2.45) is 16.8 Å². The minimum Gasteiger partial charge on any atom is -0.453 e. The lowest BCUT2D eigenvalue weighted by Crippen LogP contribution is -2.49. The smallest absolute Gasteiger partial charge is 0.166 e. The molecule has 2 heterocycles. The van der Waals surface area contributed by atoms with Gasteiger partial charge in [0.1, 0.15) is 0 Å². The van der Waals surface area contributed by atoms with Gasteiger partial charge < -0.3 is 26.2 Å². The first kappa shape index (κ1) is 18.6. The number of hydrogen-bond donors (Lipinski definition) is 4. The fourth-order valence-electron chi connectivity index (χ4n) is 4.21. The highest BCUT2D eigenvalue weighted by molar-refractivity contribution is 5.99. The van der Waals surface area contributed by atoms with Gasteiger partial charge in [-0.05, 0) is 56.5 Å². The molecule has 4 rings (SSSR count). The maximum absolute atomic E-state index is 6.29. The van der Waals surface area contributed by atoms with E-state index in [-0.39, 0.29) is 0 Å². The van der Waals surface area contributed by atoms with Gasteiger partial charge in [-0.3, -0.25) is 0 Å². The first-order valence-corrected chi connectivity index (χ1v) is 9.92. The van der Waals surface area contributed by atoms with Gasteiger partial charge in [-0.2, -0.15) is 5.10 Å². The van der Waals surface area contributed by atoms with Crippen LogP contribution in [0.5, 0.6) is 5.75 Å². The fourth-order valence-corrected chi connectivity index (χ4v) is 4.21. The van der Waals surface area contributed by atoms with Gasteiger partial charge in [0, 0.05) is 17.6 Å². The number of fused-ring (bicyclic) bond motifs is 2. The van der Waals surface area contributed by atoms with E-state index in [0.29, 0.717) is 17.9 Å². The summed E-state index contributed by atoms with van der Waals surface area (Å²) in [5.74, 6) is 13.1. The predicted molar refractivity (Wildman–Crippen MR) is 113 cm³/mol. The quantitative estimate of drug-likeness (QED) is 0.278. The molecule has 0 spiro atoms. The van der Waals surface area contributed by atoms with E-state index in [1.54, 1.807) is 0 Å². The molecule has 1 fully saturated rings. The summed E-state index contributed by atoms with van der Waals surface area (Å²) in [4.78, 5) is 2.46. The maximum atomic E-state index is 6.29. The SMILES string of the molecule is CCC1CC(N2C3=CCC=CC=C3Oc3cc(/C(=N/N)NN)ccc32)CCN1. The fraction of sp³-hybridized carbons (Fsp3) is 0.381. The molecule has 7 nitrogen and oxygen atoms in total. The zero-order valence-corrected chi connectivity index (χ0v) is 16.2. The third-order valence-electron chi connectivity index (χ3n) is 5.65. The minimum atomic E-state index is 0.418. The number of hydrazone groups is 1. The minimum absolute atomic E-state index is 0.418. The molecule has 0 saturated carbocycles. The maximum Gasteiger partial charge on any atom is 0.166 e. The molecule has 1 aromatic rings. The predicted octanol–water partition coefficient (Wildman–Crippen LogP) is 2.23. The molecule has 7 heteroatoms. The summed E-state index contributed by atoms with van der Waals surface area (Å²) in [6.45, 7) is 3.27. The van der Waals surface area contributed by atoms with Gasteiger partial charge in [0.15, 0.2) is 17.3 Å². The van der Waals surface area contributed by atoms with Gasteiger partial charge in [0.2, 0.25) is 0 Å². The Morgan fingerprint density at radius 3 is 3.11 bits per heavy atom. The van der Waals surface area contributed by atoms with Crippen molar-refractivity contribution in [3.8, 4) is 5.75 Å². The highest BCUT2D eigenvalue weighted by Gasteiger charge is 2.35. The molecular weight excluding hydrogens is 352 g/mol. The van der Waals surface area contributed by atoms with Crippen LogP contribution in [0.1, 0.15) is 38.2 Å². The van der Waals surface area contributed by atoms with Crippen LogP contribution in [0.15, 0.2) is 59.1 Å². The Bertz CT molecular complexity index is 856. The van der Waals surface area contributed by atoms with E-state index in [2.05, 4.69) is 52.0 Å². The van der Waals surface area contributed by atoms with Crippen LogP contribution >= 0.6 is 0 Å². The topological polar surface area (TPSA) is 101 Å². The Kier molecular flexibility index (Phi) is 5.36. The standard InChI is InChI=1S/C21H28N6O/c1-2-15-13-16(10-11-24-15)27-17-6-4-3-5-7-19(17)28-20-12-14(8-9-18(20)27)21(25-22)26-23/h3,5-9,12,15-16,24H,2,4,10-11,13,22-23H2,1H3,(H,25,26). The molecule has 1 aliphatic carbocycles. The van der Waals surface area contributed by atoms with Crippen molar-refractivity contribution in [3.63, 3.8) is 0 Å². The second kappa shape index (κ2) is 8.08. The highest BCUT2D eigenvalue weighted by atomic mass is 16.5. The Hall–Kier alpha value is -2.77. The molecule has 0 amide bonds. The average Bonchev–Trinajstić information content (AvgIpc) is 2.98. The number of ether oxygens (including phenoxy) is 1. The van der Waals surface area contributed by atoms with Gasteiger partial charge in [-0.25, -0.2) is 5.84 Å². The van der Waals surface area contributed by atoms with Gasteiger partial charge in [0.25, 0.3) is 0 Å². The normalized spacial score (nSPS) is 24.4. The van der Waals surface area contributed by atoms with Crippen LogP contribution in [-0.2, 0) is 0 Å². The van der Waals surface area contributed by atoms with Crippen molar-refractivity contribution in [3.05, 3.63) is 59.5 Å². The van der Waals surface area contributed by atoms with Crippen LogP contribution < -0.4 is 32.1 Å². The summed E-state index contributed by atoms with van der Waals surface area (Å²) in [6, 6.07) is 6.95. The first-order chi connectivity index (χ1) is 13.7. The summed E-state index contributed by atoms with van der Waals surface area (Å²) in [6.07, 6.45) is 12.7. The van der Waals surface area contributed by atoms with Crippen molar-refractivity contribution in [2.75, 3.05) is 11.4 Å². The van der Waals surface area contributed by atoms with Crippen LogP contribution in [0.4, 0.5) is 5.69 Å². The lowest BCUT2D eigenvalue weighted by molar-refractivity contribution is 0.334. The molecule has 1 saturated heterocycles. The molecule has 6 N–H and O–H groups in total. The van der Waals surface area contributed by atoms with Crippen LogP contribution in [-0.4, -0.2) is 24.5 Å². The average molecular weight is 380 g/mol. The molecule has 2 aliphatic heterocycles. The second-order valence-electron chi connectivity index (χ2n) is 7.30. The summed E-state index contributed by atoms with van der Waals surface area (Å²) < 4.78 is 6.29. The molecule has 2 atom stereocenters. The van der Waals surface area contributed by atoms with Crippen molar-refractivity contribution in [1.29, 1.82) is 0 Å². The van der Waals surface area contributed by atoms with E-state index in [4.69, 9.17) is 16.4 Å². The number of nitrogens with two attached hydrogens (primary N) is 2. The number of anilines is 1. The van der Waals surface area contributed by atoms with E-state index in [0.717, 1.165) is 60.7 Å². The zero-order chi connectivity index (χ0) is 19.5. The van der Waals surface area contributed by atoms with Crippen molar-refractivity contribution in [2.45, 2.75) is 44.7 Å². The molecule has 3 aliphatic rings. The number of piperidine rings is 1. The van der Waals surface area contributed by atoms with Crippen molar-refractivity contribution >= 4 is 11.5 Å². The highest BCUT2D eigenvalue weighted by Crippen LogP contribution is 2.43. The van der Waals surface area contributed by atoms with Gasteiger partial charge in [-0.1, -0.05) is 25.2 Å². The lowest BCUT2D eigenvalue weighted by Gasteiger charge is -2.43. The van der Waals surface area contributed by atoms with Crippen molar-refractivity contribution < 1.29 is 4.74 Å². The molecule has 2 unspecified atom stereocenters. The van der Waals surface area contributed by atoms with Gasteiger partial charge >= 0.3 is 0 Å². The summed E-state index contributed by atoms with van der Waals surface area (Å²) in [5, 5.41) is 7.35. The monoisotopic (exact) mass is 380 g/mol. The van der Waals surface area contributed by atoms with Gasteiger partial charge in [-0.15, -0.1) is 0 Å². The molecule has 0 radical (unpaired) electrons. The van der Waals surface area contributed by atoms with Crippen molar-refractivity contribution in [1.82, 2.24) is 10.7 Å². The van der Waals surface area contributed by atoms with E-state index >= 15 is 0 Å². The second-order valence-corrected chi connectivity index (χ2v) is 7.30. The number of hydrogen-bond acceptors (Lipinski definition) is 6. The van der Waals surface area contributed by atoms with Gasteiger partial charge in [0.05, 0.1) is 11.4 Å². The van der Waals surface area contributed by atoms with Crippen LogP contribution in [0.25, 0.3) is 0 Å². The first-order valence-electron chi connectivity index (χ1n) is 9.92. The van der Waals surface area contributed by atoms with Crippen LogP contribution in [0.2, 0.25) is 0 Å².